The Morgan fingerprint density at radius 2 is 2.26 bits per heavy atom. The third-order valence-corrected chi connectivity index (χ3v) is 4.56. The minimum Gasteiger partial charge on any atom is -0.377 e. The van der Waals surface area contributed by atoms with Crippen LogP contribution in [0.2, 0.25) is 0 Å². The van der Waals surface area contributed by atoms with E-state index < -0.39 is 10.0 Å². The van der Waals surface area contributed by atoms with Gasteiger partial charge in [0.2, 0.25) is 10.0 Å². The Balaban J connectivity index is 2.10. The lowest BCUT2D eigenvalue weighted by molar-refractivity contribution is 0.117. The van der Waals surface area contributed by atoms with Crippen LogP contribution < -0.4 is 10.0 Å². The van der Waals surface area contributed by atoms with Crippen molar-refractivity contribution in [1.82, 2.24) is 9.71 Å². The van der Waals surface area contributed by atoms with Crippen molar-refractivity contribution in [3.05, 3.63) is 18.3 Å². The van der Waals surface area contributed by atoms with Crippen LogP contribution in [0.25, 0.3) is 0 Å². The van der Waals surface area contributed by atoms with Gasteiger partial charge in [-0.3, -0.25) is 0 Å². The van der Waals surface area contributed by atoms with E-state index in [1.54, 1.807) is 12.1 Å². The van der Waals surface area contributed by atoms with Gasteiger partial charge in [-0.05, 0) is 32.4 Å². The van der Waals surface area contributed by atoms with E-state index in [-0.39, 0.29) is 17.0 Å². The lowest BCUT2D eigenvalue weighted by Crippen LogP contribution is -2.39. The van der Waals surface area contributed by atoms with Crippen molar-refractivity contribution < 1.29 is 13.2 Å². The normalized spacial score (nSPS) is 23.5. The molecule has 0 radical (unpaired) electrons. The molecule has 19 heavy (non-hydrogen) atoms. The Morgan fingerprint density at radius 1 is 1.47 bits per heavy atom. The first-order valence-electron chi connectivity index (χ1n) is 6.37. The molecule has 0 bridgehead atoms. The maximum Gasteiger partial charge on any atom is 0.242 e. The van der Waals surface area contributed by atoms with E-state index in [2.05, 4.69) is 15.0 Å². The topological polar surface area (TPSA) is 80.3 Å². The molecule has 2 rings (SSSR count). The Hall–Kier alpha value is -1.18. The van der Waals surface area contributed by atoms with E-state index in [0.29, 0.717) is 18.8 Å². The Morgan fingerprint density at radius 3 is 2.79 bits per heavy atom. The van der Waals surface area contributed by atoms with Gasteiger partial charge in [0.15, 0.2) is 0 Å². The fraction of sp³-hybridized carbons (Fsp3) is 0.583. The van der Waals surface area contributed by atoms with Crippen molar-refractivity contribution in [2.24, 2.45) is 0 Å². The van der Waals surface area contributed by atoms with Crippen LogP contribution in [-0.4, -0.2) is 38.7 Å². The first kappa shape index (κ1) is 14.2. The number of hydrogen-bond acceptors (Lipinski definition) is 5. The Bertz CT molecular complexity index is 516. The molecule has 106 valence electrons. The van der Waals surface area contributed by atoms with E-state index in [1.165, 1.54) is 6.20 Å². The zero-order chi connectivity index (χ0) is 13.9. The van der Waals surface area contributed by atoms with Crippen LogP contribution in [-0.2, 0) is 14.8 Å². The summed E-state index contributed by atoms with van der Waals surface area (Å²) in [6.45, 7) is 5.16. The molecule has 1 saturated heterocycles. The second-order valence-electron chi connectivity index (χ2n) is 4.50. The third kappa shape index (κ3) is 3.43. The molecule has 1 fully saturated rings. The van der Waals surface area contributed by atoms with E-state index >= 15 is 0 Å². The molecule has 1 aliphatic heterocycles. The highest BCUT2D eigenvalue weighted by Crippen LogP contribution is 2.17. The molecule has 0 aromatic carbocycles. The zero-order valence-corrected chi connectivity index (χ0v) is 11.9. The summed E-state index contributed by atoms with van der Waals surface area (Å²) in [6, 6.07) is 3.04. The van der Waals surface area contributed by atoms with Gasteiger partial charge < -0.3 is 10.1 Å². The van der Waals surface area contributed by atoms with Crippen LogP contribution in [0.3, 0.4) is 0 Å². The maximum absolute atomic E-state index is 12.2. The molecule has 2 unspecified atom stereocenters. The molecule has 0 amide bonds. The van der Waals surface area contributed by atoms with Crippen LogP contribution in [0.15, 0.2) is 23.2 Å². The largest absolute Gasteiger partial charge is 0.377 e. The Labute approximate surface area is 113 Å². The second-order valence-corrected chi connectivity index (χ2v) is 6.22. The van der Waals surface area contributed by atoms with Gasteiger partial charge in [-0.15, -0.1) is 0 Å². The first-order chi connectivity index (χ1) is 9.03. The van der Waals surface area contributed by atoms with E-state index in [0.717, 1.165) is 6.54 Å². The summed E-state index contributed by atoms with van der Waals surface area (Å²) in [5.74, 6) is 0.666. The fourth-order valence-corrected chi connectivity index (χ4v) is 3.26. The minimum atomic E-state index is -3.53. The average Bonchev–Trinajstić information content (AvgIpc) is 2.75. The molecule has 0 aliphatic carbocycles. The highest BCUT2D eigenvalue weighted by atomic mass is 32.2. The second kappa shape index (κ2) is 5.85. The molecule has 1 aliphatic rings. The first-order valence-corrected chi connectivity index (χ1v) is 7.85. The van der Waals surface area contributed by atoms with Gasteiger partial charge in [-0.2, -0.15) is 0 Å². The fourth-order valence-electron chi connectivity index (χ4n) is 1.98. The molecule has 2 atom stereocenters. The van der Waals surface area contributed by atoms with Crippen molar-refractivity contribution in [1.29, 1.82) is 0 Å². The number of rotatable bonds is 5. The molecular weight excluding hydrogens is 266 g/mol. The van der Waals surface area contributed by atoms with Crippen LogP contribution in [0.4, 0.5) is 5.82 Å². The lowest BCUT2D eigenvalue weighted by atomic mass is 10.2. The summed E-state index contributed by atoms with van der Waals surface area (Å²) in [6.07, 6.45) is 1.97. The van der Waals surface area contributed by atoms with Gasteiger partial charge in [0, 0.05) is 19.3 Å². The van der Waals surface area contributed by atoms with E-state index in [4.69, 9.17) is 4.74 Å². The number of pyridine rings is 1. The number of ether oxygens (including phenoxy) is 1. The summed E-state index contributed by atoms with van der Waals surface area (Å²) < 4.78 is 32.4. The average molecular weight is 285 g/mol. The summed E-state index contributed by atoms with van der Waals surface area (Å²) in [5, 5.41) is 3.02. The predicted octanol–water partition coefficient (Wildman–Crippen LogP) is 0.969. The van der Waals surface area contributed by atoms with E-state index in [9.17, 15) is 8.42 Å². The summed E-state index contributed by atoms with van der Waals surface area (Å²) in [4.78, 5) is 4.24. The van der Waals surface area contributed by atoms with E-state index in [1.807, 2.05) is 13.8 Å². The molecule has 0 saturated carbocycles. The Kier molecular flexibility index (Phi) is 4.38. The van der Waals surface area contributed by atoms with Crippen molar-refractivity contribution in [3.63, 3.8) is 0 Å². The third-order valence-electron chi connectivity index (χ3n) is 3.09. The number of nitrogens with one attached hydrogen (secondary N) is 2. The molecule has 2 N–H and O–H groups in total. The van der Waals surface area contributed by atoms with Crippen LogP contribution in [0.1, 0.15) is 20.3 Å². The number of aromatic nitrogens is 1. The van der Waals surface area contributed by atoms with Crippen LogP contribution in [0, 0.1) is 0 Å². The molecule has 6 nitrogen and oxygen atoms in total. The molecule has 7 heteroatoms. The number of sulfonamides is 1. The molecule has 1 aromatic heterocycles. The van der Waals surface area contributed by atoms with Crippen molar-refractivity contribution in [2.75, 3.05) is 18.5 Å². The predicted molar refractivity (Wildman–Crippen MR) is 72.5 cm³/mol. The summed E-state index contributed by atoms with van der Waals surface area (Å²) in [5.41, 5.74) is 0. The summed E-state index contributed by atoms with van der Waals surface area (Å²) in [7, 11) is -3.53. The lowest BCUT2D eigenvalue weighted by Gasteiger charge is -2.16. The van der Waals surface area contributed by atoms with Crippen molar-refractivity contribution in [2.45, 2.75) is 37.3 Å². The smallest absolute Gasteiger partial charge is 0.242 e. The molecule has 1 aromatic rings. The monoisotopic (exact) mass is 285 g/mol. The zero-order valence-electron chi connectivity index (χ0n) is 11.1. The van der Waals surface area contributed by atoms with Crippen LogP contribution in [0.5, 0.6) is 0 Å². The summed E-state index contributed by atoms with van der Waals surface area (Å²) >= 11 is 0. The van der Waals surface area contributed by atoms with Crippen molar-refractivity contribution in [3.8, 4) is 0 Å². The minimum absolute atomic E-state index is 0.0937. The highest BCUT2D eigenvalue weighted by molar-refractivity contribution is 7.89. The molecular formula is C12H19N3O3S. The maximum atomic E-state index is 12.2. The van der Waals surface area contributed by atoms with Gasteiger partial charge in [0.1, 0.15) is 10.7 Å². The standard InChI is InChI=1S/C12H19N3O3S/c1-3-13-12-5-4-10(8-14-12)19(16,17)15-11-6-7-18-9(11)2/h4-5,8-9,11,15H,3,6-7H2,1-2H3,(H,13,14). The van der Waals surface area contributed by atoms with Gasteiger partial charge in [-0.25, -0.2) is 18.1 Å². The van der Waals surface area contributed by atoms with Gasteiger partial charge in [0.05, 0.1) is 12.1 Å². The molecule has 2 heterocycles. The highest BCUT2D eigenvalue weighted by Gasteiger charge is 2.29. The quantitative estimate of drug-likeness (QED) is 0.842. The van der Waals surface area contributed by atoms with Gasteiger partial charge in [0.25, 0.3) is 0 Å². The van der Waals surface area contributed by atoms with Gasteiger partial charge in [-0.1, -0.05) is 0 Å². The van der Waals surface area contributed by atoms with Gasteiger partial charge >= 0.3 is 0 Å². The number of hydrogen-bond donors (Lipinski definition) is 2. The SMILES string of the molecule is CCNc1ccc(S(=O)(=O)NC2CCOC2C)cn1. The molecule has 0 spiro atoms. The number of anilines is 1. The van der Waals surface area contributed by atoms with Crippen molar-refractivity contribution >= 4 is 15.8 Å². The number of nitrogens with zero attached hydrogens (tertiary/aromatic N) is 1. The van der Waals surface area contributed by atoms with Crippen LogP contribution >= 0.6 is 0 Å².